The van der Waals surface area contributed by atoms with Crippen LogP contribution < -0.4 is 0 Å². The summed E-state index contributed by atoms with van der Waals surface area (Å²) in [4.78, 5) is 11.8. The van der Waals surface area contributed by atoms with Crippen LogP contribution in [0.2, 0.25) is 0 Å². The second-order valence-electron chi connectivity index (χ2n) is 3.13. The Labute approximate surface area is 101 Å². The molecule has 3 heteroatoms. The van der Waals surface area contributed by atoms with E-state index in [9.17, 15) is 4.79 Å². The smallest absolute Gasteiger partial charge is 0.176 e. The zero-order valence-corrected chi connectivity index (χ0v) is 11.1. The molecule has 0 amide bonds. The first kappa shape index (κ1) is 11.9. The quantitative estimate of drug-likeness (QED) is 0.600. The van der Waals surface area contributed by atoms with Gasteiger partial charge in [-0.15, -0.1) is 0 Å². The Morgan fingerprint density at radius 1 is 1.50 bits per heavy atom. The predicted molar refractivity (Wildman–Crippen MR) is 66.1 cm³/mol. The Morgan fingerprint density at radius 3 is 2.79 bits per heavy atom. The van der Waals surface area contributed by atoms with Crippen molar-refractivity contribution in [3.05, 3.63) is 34.3 Å². The number of ketones is 1. The molecular formula is C11H12Br2O. The number of hydrogen-bond acceptors (Lipinski definition) is 1. The summed E-state index contributed by atoms with van der Waals surface area (Å²) in [5.41, 5.74) is 0.759. The summed E-state index contributed by atoms with van der Waals surface area (Å²) in [5, 5.41) is 0. The van der Waals surface area contributed by atoms with Gasteiger partial charge in [0, 0.05) is 10.0 Å². The fourth-order valence-electron chi connectivity index (χ4n) is 1.21. The summed E-state index contributed by atoms with van der Waals surface area (Å²) < 4.78 is 0.944. The highest BCUT2D eigenvalue weighted by molar-refractivity contribution is 9.10. The second kappa shape index (κ2) is 5.66. The third-order valence-corrected chi connectivity index (χ3v) is 3.30. The molecule has 0 aliphatic carbocycles. The van der Waals surface area contributed by atoms with E-state index in [2.05, 4.69) is 38.8 Å². The van der Waals surface area contributed by atoms with Crippen LogP contribution in [-0.4, -0.2) is 10.6 Å². The molecule has 0 aromatic heterocycles. The van der Waals surface area contributed by atoms with Crippen LogP contribution in [0.5, 0.6) is 0 Å². The largest absolute Gasteiger partial charge is 0.293 e. The number of halogens is 2. The minimum Gasteiger partial charge on any atom is -0.293 e. The Balaban J connectivity index is 2.78. The van der Waals surface area contributed by atoms with Crippen molar-refractivity contribution < 1.29 is 4.79 Å². The van der Waals surface area contributed by atoms with Gasteiger partial charge in [-0.05, 0) is 18.6 Å². The van der Waals surface area contributed by atoms with Crippen molar-refractivity contribution in [3.8, 4) is 0 Å². The summed E-state index contributed by atoms with van der Waals surface area (Å²) in [6, 6.07) is 7.49. The number of carbonyl (C=O) groups is 1. The average Bonchev–Trinajstić information content (AvgIpc) is 2.17. The van der Waals surface area contributed by atoms with Gasteiger partial charge in [0.2, 0.25) is 0 Å². The van der Waals surface area contributed by atoms with Gasteiger partial charge in [0.1, 0.15) is 0 Å². The Hall–Kier alpha value is -0.150. The molecule has 1 rings (SSSR count). The van der Waals surface area contributed by atoms with Crippen molar-refractivity contribution in [2.24, 2.45) is 0 Å². The van der Waals surface area contributed by atoms with Crippen LogP contribution in [0.4, 0.5) is 0 Å². The van der Waals surface area contributed by atoms with Gasteiger partial charge in [0.15, 0.2) is 5.78 Å². The zero-order valence-electron chi connectivity index (χ0n) is 7.97. The maximum atomic E-state index is 11.8. The third kappa shape index (κ3) is 3.21. The third-order valence-electron chi connectivity index (χ3n) is 1.94. The van der Waals surface area contributed by atoms with Crippen molar-refractivity contribution >= 4 is 37.6 Å². The van der Waals surface area contributed by atoms with E-state index in [-0.39, 0.29) is 10.6 Å². The number of alkyl halides is 1. The minimum absolute atomic E-state index is 0.0539. The minimum atomic E-state index is -0.0539. The molecule has 1 atom stereocenters. The SMILES string of the molecule is CCCC(Br)C(=O)c1cccc(Br)c1. The van der Waals surface area contributed by atoms with E-state index in [4.69, 9.17) is 0 Å². The van der Waals surface area contributed by atoms with Gasteiger partial charge < -0.3 is 0 Å². The van der Waals surface area contributed by atoms with E-state index >= 15 is 0 Å². The van der Waals surface area contributed by atoms with E-state index in [1.54, 1.807) is 0 Å². The molecule has 1 aromatic rings. The lowest BCUT2D eigenvalue weighted by atomic mass is 10.1. The van der Waals surface area contributed by atoms with Crippen molar-refractivity contribution in [1.82, 2.24) is 0 Å². The van der Waals surface area contributed by atoms with Crippen LogP contribution in [0.3, 0.4) is 0 Å². The highest BCUT2D eigenvalue weighted by Gasteiger charge is 2.15. The highest BCUT2D eigenvalue weighted by atomic mass is 79.9. The van der Waals surface area contributed by atoms with E-state index in [1.165, 1.54) is 0 Å². The maximum Gasteiger partial charge on any atom is 0.176 e. The molecule has 76 valence electrons. The van der Waals surface area contributed by atoms with Gasteiger partial charge in [-0.2, -0.15) is 0 Å². The number of carbonyl (C=O) groups excluding carboxylic acids is 1. The molecule has 0 spiro atoms. The molecule has 1 nitrogen and oxygen atoms in total. The lowest BCUT2D eigenvalue weighted by Crippen LogP contribution is -2.13. The maximum absolute atomic E-state index is 11.8. The van der Waals surface area contributed by atoms with Crippen molar-refractivity contribution in [2.75, 3.05) is 0 Å². The molecule has 1 aromatic carbocycles. The van der Waals surface area contributed by atoms with Gasteiger partial charge in [0.05, 0.1) is 4.83 Å². The predicted octanol–water partition coefficient (Wildman–Crippen LogP) is 4.20. The summed E-state index contributed by atoms with van der Waals surface area (Å²) in [6.07, 6.45) is 1.89. The van der Waals surface area contributed by atoms with Crippen LogP contribution >= 0.6 is 31.9 Å². The summed E-state index contributed by atoms with van der Waals surface area (Å²) >= 11 is 6.75. The Morgan fingerprint density at radius 2 is 2.21 bits per heavy atom. The van der Waals surface area contributed by atoms with Gasteiger partial charge in [-0.25, -0.2) is 0 Å². The molecule has 0 N–H and O–H groups in total. The van der Waals surface area contributed by atoms with Crippen LogP contribution in [0.25, 0.3) is 0 Å². The first-order valence-corrected chi connectivity index (χ1v) is 6.30. The molecule has 14 heavy (non-hydrogen) atoms. The Bertz CT molecular complexity index is 323. The molecule has 0 bridgehead atoms. The van der Waals surface area contributed by atoms with E-state index in [0.29, 0.717) is 0 Å². The summed E-state index contributed by atoms with van der Waals surface area (Å²) in [5.74, 6) is 0.160. The van der Waals surface area contributed by atoms with E-state index in [0.717, 1.165) is 22.9 Å². The fraction of sp³-hybridized carbons (Fsp3) is 0.364. The molecule has 0 saturated carbocycles. The van der Waals surface area contributed by atoms with Crippen LogP contribution in [-0.2, 0) is 0 Å². The normalized spacial score (nSPS) is 12.5. The van der Waals surface area contributed by atoms with Crippen molar-refractivity contribution in [3.63, 3.8) is 0 Å². The molecule has 0 aliphatic rings. The van der Waals surface area contributed by atoms with Crippen LogP contribution in [0.1, 0.15) is 30.1 Å². The first-order valence-electron chi connectivity index (χ1n) is 4.59. The molecule has 0 heterocycles. The lowest BCUT2D eigenvalue weighted by molar-refractivity contribution is 0.0988. The number of Topliss-reactive ketones (excluding diaryl/α,β-unsaturated/α-hetero) is 1. The average molecular weight is 320 g/mol. The number of benzene rings is 1. The molecular weight excluding hydrogens is 308 g/mol. The van der Waals surface area contributed by atoms with E-state index in [1.807, 2.05) is 24.3 Å². The monoisotopic (exact) mass is 318 g/mol. The standard InChI is InChI=1S/C11H12Br2O/c1-2-4-10(13)11(14)8-5-3-6-9(12)7-8/h3,5-7,10H,2,4H2,1H3. The fourth-order valence-corrected chi connectivity index (χ4v) is 2.33. The van der Waals surface area contributed by atoms with Crippen LogP contribution in [0.15, 0.2) is 28.7 Å². The van der Waals surface area contributed by atoms with Gasteiger partial charge in [-0.3, -0.25) is 4.79 Å². The second-order valence-corrected chi connectivity index (χ2v) is 5.15. The zero-order chi connectivity index (χ0) is 10.6. The molecule has 0 saturated heterocycles. The number of hydrogen-bond donors (Lipinski definition) is 0. The van der Waals surface area contributed by atoms with Gasteiger partial charge in [0.25, 0.3) is 0 Å². The molecule has 0 fully saturated rings. The number of rotatable bonds is 4. The molecule has 1 unspecified atom stereocenters. The highest BCUT2D eigenvalue weighted by Crippen LogP contribution is 2.18. The Kier molecular flexibility index (Phi) is 4.82. The van der Waals surface area contributed by atoms with Gasteiger partial charge in [-0.1, -0.05) is 57.3 Å². The van der Waals surface area contributed by atoms with Crippen molar-refractivity contribution in [2.45, 2.75) is 24.6 Å². The van der Waals surface area contributed by atoms with E-state index < -0.39 is 0 Å². The first-order chi connectivity index (χ1) is 6.65. The van der Waals surface area contributed by atoms with Crippen molar-refractivity contribution in [1.29, 1.82) is 0 Å². The summed E-state index contributed by atoms with van der Waals surface area (Å²) in [6.45, 7) is 2.07. The topological polar surface area (TPSA) is 17.1 Å². The molecule has 0 aliphatic heterocycles. The molecule has 0 radical (unpaired) electrons. The van der Waals surface area contributed by atoms with Gasteiger partial charge >= 0.3 is 0 Å². The lowest BCUT2D eigenvalue weighted by Gasteiger charge is -2.07. The summed E-state index contributed by atoms with van der Waals surface area (Å²) in [7, 11) is 0. The van der Waals surface area contributed by atoms with Crippen LogP contribution in [0, 0.1) is 0 Å².